The zero-order valence-electron chi connectivity index (χ0n) is 8.96. The maximum Gasteiger partial charge on any atom is 0.306 e. The predicted molar refractivity (Wildman–Crippen MR) is 57.7 cm³/mol. The molecule has 0 aliphatic heterocycles. The van der Waals surface area contributed by atoms with Crippen molar-refractivity contribution < 1.29 is 18.3 Å². The summed E-state index contributed by atoms with van der Waals surface area (Å²) in [4.78, 5) is 10.8. The highest BCUT2D eigenvalue weighted by Gasteiger charge is 2.32. The molecule has 0 radical (unpaired) electrons. The molecule has 1 aromatic heterocycles. The molecule has 94 valence electrons. The Bertz CT molecular complexity index is 496. The van der Waals surface area contributed by atoms with Gasteiger partial charge in [0.05, 0.1) is 12.1 Å². The van der Waals surface area contributed by atoms with Crippen LogP contribution in [0.25, 0.3) is 0 Å². The van der Waals surface area contributed by atoms with Crippen molar-refractivity contribution in [3.63, 3.8) is 0 Å². The molecule has 0 saturated heterocycles. The quantitative estimate of drug-likeness (QED) is 0.701. The molecular formula is C9H13N3O4S. The molecule has 2 rings (SSSR count). The van der Waals surface area contributed by atoms with E-state index in [2.05, 4.69) is 14.9 Å². The van der Waals surface area contributed by atoms with E-state index < -0.39 is 21.9 Å². The van der Waals surface area contributed by atoms with E-state index in [1.165, 1.54) is 12.4 Å². The zero-order valence-corrected chi connectivity index (χ0v) is 9.77. The summed E-state index contributed by atoms with van der Waals surface area (Å²) in [5.41, 5.74) is 0. The van der Waals surface area contributed by atoms with Crippen molar-refractivity contribution in [3.05, 3.63) is 12.4 Å². The number of nitrogens with one attached hydrogen (secondary N) is 2. The third kappa shape index (κ3) is 2.64. The lowest BCUT2D eigenvalue weighted by Crippen LogP contribution is -2.33. The van der Waals surface area contributed by atoms with Crippen molar-refractivity contribution in [3.8, 4) is 0 Å². The van der Waals surface area contributed by atoms with Gasteiger partial charge in [0.1, 0.15) is 4.90 Å². The average molecular weight is 259 g/mol. The number of hydrogen-bond donors (Lipinski definition) is 3. The number of aliphatic carboxylic acids is 1. The molecule has 0 spiro atoms. The van der Waals surface area contributed by atoms with E-state index in [-0.39, 0.29) is 10.9 Å². The Kier molecular flexibility index (Phi) is 3.16. The maximum absolute atomic E-state index is 11.8. The standard InChI is InChI=1S/C9H13N3O4S/c13-9(14)6-1-2-7(3-6)12-17(15,16)8-4-10-11-5-8/h4-7,12H,1-3H2,(H,10,11)(H,13,14)/t6-,7+/m1/s1. The lowest BCUT2D eigenvalue weighted by molar-refractivity contribution is -0.141. The lowest BCUT2D eigenvalue weighted by atomic mass is 10.1. The molecule has 1 fully saturated rings. The molecule has 0 bridgehead atoms. The van der Waals surface area contributed by atoms with Gasteiger partial charge in [-0.3, -0.25) is 9.89 Å². The Balaban J connectivity index is 2.01. The summed E-state index contributed by atoms with van der Waals surface area (Å²) < 4.78 is 26.1. The summed E-state index contributed by atoms with van der Waals surface area (Å²) in [5, 5.41) is 14.8. The molecule has 17 heavy (non-hydrogen) atoms. The van der Waals surface area contributed by atoms with Gasteiger partial charge in [-0.2, -0.15) is 5.10 Å². The largest absolute Gasteiger partial charge is 0.481 e. The van der Waals surface area contributed by atoms with E-state index in [0.29, 0.717) is 19.3 Å². The van der Waals surface area contributed by atoms with Crippen molar-refractivity contribution >= 4 is 16.0 Å². The second-order valence-electron chi connectivity index (χ2n) is 4.10. The minimum Gasteiger partial charge on any atom is -0.481 e. The molecule has 7 nitrogen and oxygen atoms in total. The first-order valence-corrected chi connectivity index (χ1v) is 6.71. The van der Waals surface area contributed by atoms with Gasteiger partial charge in [-0.1, -0.05) is 0 Å². The number of carboxylic acid groups (broad SMARTS) is 1. The van der Waals surface area contributed by atoms with Crippen molar-refractivity contribution in [2.45, 2.75) is 30.2 Å². The summed E-state index contributed by atoms with van der Waals surface area (Å²) in [6.07, 6.45) is 3.90. The normalized spacial score (nSPS) is 24.9. The second-order valence-corrected chi connectivity index (χ2v) is 5.81. The Morgan fingerprint density at radius 2 is 2.29 bits per heavy atom. The third-order valence-electron chi connectivity index (χ3n) is 2.89. The van der Waals surface area contributed by atoms with E-state index in [1.54, 1.807) is 0 Å². The Labute approximate surface area is 98.3 Å². The van der Waals surface area contributed by atoms with Crippen LogP contribution in [0, 0.1) is 5.92 Å². The fraction of sp³-hybridized carbons (Fsp3) is 0.556. The van der Waals surface area contributed by atoms with E-state index in [1.807, 2.05) is 0 Å². The fourth-order valence-corrected chi connectivity index (χ4v) is 3.17. The van der Waals surface area contributed by atoms with Crippen LogP contribution in [0.1, 0.15) is 19.3 Å². The smallest absolute Gasteiger partial charge is 0.306 e. The molecular weight excluding hydrogens is 246 g/mol. The lowest BCUT2D eigenvalue weighted by Gasteiger charge is -2.11. The van der Waals surface area contributed by atoms with Crippen LogP contribution < -0.4 is 4.72 Å². The molecule has 1 heterocycles. The number of aromatic nitrogens is 2. The molecule has 3 N–H and O–H groups in total. The number of carboxylic acids is 1. The van der Waals surface area contributed by atoms with Crippen LogP contribution in [-0.2, 0) is 14.8 Å². The molecule has 0 aromatic carbocycles. The summed E-state index contributed by atoms with van der Waals surface area (Å²) in [7, 11) is -3.59. The number of nitrogens with zero attached hydrogens (tertiary/aromatic N) is 1. The molecule has 1 aliphatic rings. The Hall–Kier alpha value is -1.41. The van der Waals surface area contributed by atoms with E-state index in [0.717, 1.165) is 0 Å². The Morgan fingerprint density at radius 1 is 1.53 bits per heavy atom. The minimum atomic E-state index is -3.59. The number of rotatable bonds is 4. The van der Waals surface area contributed by atoms with Crippen molar-refractivity contribution in [2.75, 3.05) is 0 Å². The highest BCUT2D eigenvalue weighted by Crippen LogP contribution is 2.26. The van der Waals surface area contributed by atoms with Gasteiger partial charge in [0.2, 0.25) is 10.0 Å². The van der Waals surface area contributed by atoms with Crippen molar-refractivity contribution in [2.24, 2.45) is 5.92 Å². The number of sulfonamides is 1. The number of hydrogen-bond acceptors (Lipinski definition) is 4. The summed E-state index contributed by atoms with van der Waals surface area (Å²) in [6.45, 7) is 0. The van der Waals surface area contributed by atoms with Crippen LogP contribution in [0.3, 0.4) is 0 Å². The topological polar surface area (TPSA) is 112 Å². The monoisotopic (exact) mass is 259 g/mol. The van der Waals surface area contributed by atoms with Gasteiger partial charge in [-0.25, -0.2) is 13.1 Å². The highest BCUT2D eigenvalue weighted by molar-refractivity contribution is 7.89. The van der Waals surface area contributed by atoms with Crippen LogP contribution in [0.5, 0.6) is 0 Å². The van der Waals surface area contributed by atoms with Crippen LogP contribution in [-0.4, -0.2) is 35.7 Å². The predicted octanol–water partition coefficient (Wildman–Crippen LogP) is -0.0587. The van der Waals surface area contributed by atoms with Crippen molar-refractivity contribution in [1.82, 2.24) is 14.9 Å². The third-order valence-corrected chi connectivity index (χ3v) is 4.37. The van der Waals surface area contributed by atoms with Crippen LogP contribution in [0.4, 0.5) is 0 Å². The van der Waals surface area contributed by atoms with E-state index in [4.69, 9.17) is 5.11 Å². The number of aromatic amines is 1. The van der Waals surface area contributed by atoms with Gasteiger partial charge >= 0.3 is 5.97 Å². The fourth-order valence-electron chi connectivity index (χ4n) is 1.99. The molecule has 0 unspecified atom stereocenters. The zero-order chi connectivity index (χ0) is 12.5. The first-order chi connectivity index (χ1) is 7.99. The molecule has 0 amide bonds. The summed E-state index contributed by atoms with van der Waals surface area (Å²) in [5.74, 6) is -1.32. The first kappa shape index (κ1) is 12.1. The van der Waals surface area contributed by atoms with Crippen LogP contribution in [0.15, 0.2) is 17.3 Å². The molecule has 1 saturated carbocycles. The molecule has 8 heteroatoms. The van der Waals surface area contributed by atoms with Gasteiger partial charge in [0.15, 0.2) is 0 Å². The average Bonchev–Trinajstić information content (AvgIpc) is 2.85. The number of carbonyl (C=O) groups is 1. The van der Waals surface area contributed by atoms with Gasteiger partial charge < -0.3 is 5.11 Å². The van der Waals surface area contributed by atoms with Gasteiger partial charge in [0.25, 0.3) is 0 Å². The molecule has 1 aromatic rings. The molecule has 1 aliphatic carbocycles. The summed E-state index contributed by atoms with van der Waals surface area (Å²) in [6, 6.07) is -0.309. The SMILES string of the molecule is O=C(O)[C@@H]1CC[C@H](NS(=O)(=O)c2cn[nH]c2)C1. The van der Waals surface area contributed by atoms with Gasteiger partial charge in [-0.05, 0) is 19.3 Å². The minimum absolute atomic E-state index is 0.0660. The van der Waals surface area contributed by atoms with E-state index in [9.17, 15) is 13.2 Å². The Morgan fingerprint density at radius 3 is 2.82 bits per heavy atom. The van der Waals surface area contributed by atoms with Crippen molar-refractivity contribution in [1.29, 1.82) is 0 Å². The van der Waals surface area contributed by atoms with Gasteiger partial charge in [-0.15, -0.1) is 0 Å². The maximum atomic E-state index is 11.8. The summed E-state index contributed by atoms with van der Waals surface area (Å²) >= 11 is 0. The van der Waals surface area contributed by atoms with Gasteiger partial charge in [0, 0.05) is 12.2 Å². The molecule has 2 atom stereocenters. The van der Waals surface area contributed by atoms with Crippen LogP contribution >= 0.6 is 0 Å². The first-order valence-electron chi connectivity index (χ1n) is 5.23. The van der Waals surface area contributed by atoms with E-state index >= 15 is 0 Å². The van der Waals surface area contributed by atoms with Crippen LogP contribution in [0.2, 0.25) is 0 Å². The second kappa shape index (κ2) is 4.46. The number of H-pyrrole nitrogens is 1. The highest BCUT2D eigenvalue weighted by atomic mass is 32.2.